The number of aryl methyl sites for hydroxylation is 2. The lowest BCUT2D eigenvalue weighted by Crippen LogP contribution is -2.33. The van der Waals surface area contributed by atoms with Gasteiger partial charge in [0.1, 0.15) is 11.4 Å². The molecular formula is C34H41ClN2O4. The molecule has 0 bridgehead atoms. The number of amides is 1. The number of alkyl carbamates (subject to hydrolysis) is 1. The summed E-state index contributed by atoms with van der Waals surface area (Å²) in [5.74, 6) is 0.924. The summed E-state index contributed by atoms with van der Waals surface area (Å²) >= 11 is 6.76. The van der Waals surface area contributed by atoms with Crippen LogP contribution in [0.4, 0.5) is 4.79 Å². The normalized spacial score (nSPS) is 15.8. The highest BCUT2D eigenvalue weighted by Gasteiger charge is 2.47. The van der Waals surface area contributed by atoms with E-state index in [-0.39, 0.29) is 11.7 Å². The lowest BCUT2D eigenvalue weighted by atomic mass is 9.96. The molecule has 0 saturated heterocycles. The quantitative estimate of drug-likeness (QED) is 0.220. The van der Waals surface area contributed by atoms with Crippen LogP contribution in [0.3, 0.4) is 0 Å². The summed E-state index contributed by atoms with van der Waals surface area (Å²) in [6.45, 7) is 8.73. The van der Waals surface area contributed by atoms with Gasteiger partial charge in [-0.1, -0.05) is 35.9 Å². The summed E-state index contributed by atoms with van der Waals surface area (Å²) in [6.07, 6.45) is 10.6. The topological polar surface area (TPSA) is 69.7 Å². The fourth-order valence-electron chi connectivity index (χ4n) is 5.08. The molecule has 0 radical (unpaired) electrons. The largest absolute Gasteiger partial charge is 0.490 e. The molecule has 2 saturated carbocycles. The van der Waals surface area contributed by atoms with Gasteiger partial charge in [0, 0.05) is 35.1 Å². The summed E-state index contributed by atoms with van der Waals surface area (Å²) in [5, 5.41) is 3.55. The molecule has 0 atom stereocenters. The van der Waals surface area contributed by atoms with Crippen molar-refractivity contribution in [1.29, 1.82) is 0 Å². The molecular weight excluding hydrogens is 536 g/mol. The van der Waals surface area contributed by atoms with E-state index in [1.807, 2.05) is 39.2 Å². The number of hydrogen-bond donors (Lipinski definition) is 1. The smallest absolute Gasteiger partial charge is 0.407 e. The van der Waals surface area contributed by atoms with Crippen molar-refractivity contribution in [2.24, 2.45) is 0 Å². The highest BCUT2D eigenvalue weighted by molar-refractivity contribution is 6.31. The number of carbonyl (C=O) groups excluding carboxylic acids is 1. The summed E-state index contributed by atoms with van der Waals surface area (Å²) in [4.78, 5) is 16.3. The SMILES string of the molecule is Cc1cc(COC2(c3cnccc3-c3ccccc3OC3CC3)CC2)c(Cl)cc1CCCCNC(=O)OC(C)(C)C. The number of nitrogens with zero attached hydrogens (tertiary/aromatic N) is 1. The number of para-hydroxylation sites is 1. The number of nitrogens with one attached hydrogen (secondary N) is 1. The number of halogens is 1. The minimum atomic E-state index is -0.487. The summed E-state index contributed by atoms with van der Waals surface area (Å²) in [5.41, 5.74) is 5.88. The van der Waals surface area contributed by atoms with Gasteiger partial charge in [-0.2, -0.15) is 0 Å². The minimum Gasteiger partial charge on any atom is -0.490 e. The molecule has 0 unspecified atom stereocenters. The molecule has 1 heterocycles. The van der Waals surface area contributed by atoms with Crippen LogP contribution in [0.5, 0.6) is 5.75 Å². The Kier molecular flexibility index (Phi) is 8.91. The van der Waals surface area contributed by atoms with Gasteiger partial charge in [-0.25, -0.2) is 4.79 Å². The van der Waals surface area contributed by atoms with Crippen LogP contribution in [-0.2, 0) is 28.1 Å². The van der Waals surface area contributed by atoms with Gasteiger partial charge in [0.2, 0.25) is 0 Å². The van der Waals surface area contributed by atoms with Crippen molar-refractivity contribution in [3.8, 4) is 16.9 Å². The summed E-state index contributed by atoms with van der Waals surface area (Å²) < 4.78 is 18.2. The lowest BCUT2D eigenvalue weighted by molar-refractivity contribution is 0.0173. The first-order chi connectivity index (χ1) is 19.6. The van der Waals surface area contributed by atoms with Crippen LogP contribution in [0.25, 0.3) is 11.1 Å². The maximum Gasteiger partial charge on any atom is 0.407 e. The molecule has 3 aromatic rings. The number of carbonyl (C=O) groups is 1. The van der Waals surface area contributed by atoms with Crippen molar-refractivity contribution in [2.45, 2.75) is 96.6 Å². The predicted octanol–water partition coefficient (Wildman–Crippen LogP) is 8.30. The van der Waals surface area contributed by atoms with Crippen LogP contribution < -0.4 is 10.1 Å². The first-order valence-electron chi connectivity index (χ1n) is 14.7. The van der Waals surface area contributed by atoms with E-state index in [1.165, 1.54) is 11.1 Å². The van der Waals surface area contributed by atoms with Crippen molar-refractivity contribution < 1.29 is 19.0 Å². The maximum atomic E-state index is 11.8. The molecule has 41 heavy (non-hydrogen) atoms. The van der Waals surface area contributed by atoms with Gasteiger partial charge in [-0.05, 0) is 113 Å². The molecule has 1 aromatic heterocycles. The number of unbranched alkanes of at least 4 members (excludes halogenated alkanes) is 1. The molecule has 7 heteroatoms. The van der Waals surface area contributed by atoms with Crippen molar-refractivity contribution in [1.82, 2.24) is 10.3 Å². The van der Waals surface area contributed by atoms with Gasteiger partial charge in [0.15, 0.2) is 0 Å². The zero-order chi connectivity index (χ0) is 29.0. The Morgan fingerprint density at radius 3 is 2.59 bits per heavy atom. The average molecular weight is 577 g/mol. The monoisotopic (exact) mass is 576 g/mol. The van der Waals surface area contributed by atoms with Crippen molar-refractivity contribution in [3.05, 3.63) is 82.1 Å². The van der Waals surface area contributed by atoms with E-state index in [0.717, 1.165) is 78.0 Å². The molecule has 218 valence electrons. The van der Waals surface area contributed by atoms with E-state index in [0.29, 0.717) is 19.3 Å². The van der Waals surface area contributed by atoms with Crippen LogP contribution in [0, 0.1) is 6.92 Å². The third kappa shape index (κ3) is 7.81. The van der Waals surface area contributed by atoms with E-state index < -0.39 is 5.60 Å². The fourth-order valence-corrected chi connectivity index (χ4v) is 5.32. The number of ether oxygens (including phenoxy) is 3. The van der Waals surface area contributed by atoms with Gasteiger partial charge in [0.05, 0.1) is 18.3 Å². The molecule has 2 aromatic carbocycles. The van der Waals surface area contributed by atoms with Gasteiger partial charge >= 0.3 is 6.09 Å². The van der Waals surface area contributed by atoms with E-state index in [2.05, 4.69) is 53.6 Å². The molecule has 0 spiro atoms. The number of rotatable bonds is 12. The van der Waals surface area contributed by atoms with Crippen LogP contribution in [0.1, 0.15) is 81.5 Å². The fraction of sp³-hybridized carbons (Fsp3) is 0.471. The maximum absolute atomic E-state index is 11.8. The third-order valence-corrected chi connectivity index (χ3v) is 7.91. The van der Waals surface area contributed by atoms with Gasteiger partial charge in [-0.3, -0.25) is 4.98 Å². The van der Waals surface area contributed by atoms with Crippen molar-refractivity contribution in [2.75, 3.05) is 6.54 Å². The third-order valence-electron chi connectivity index (χ3n) is 7.56. The first-order valence-corrected chi connectivity index (χ1v) is 15.1. The zero-order valence-corrected chi connectivity index (χ0v) is 25.4. The van der Waals surface area contributed by atoms with E-state index in [4.69, 9.17) is 25.8 Å². The second kappa shape index (κ2) is 12.4. The van der Waals surface area contributed by atoms with Gasteiger partial charge < -0.3 is 19.5 Å². The van der Waals surface area contributed by atoms with Crippen LogP contribution in [0.2, 0.25) is 5.02 Å². The van der Waals surface area contributed by atoms with Crippen molar-refractivity contribution >= 4 is 17.7 Å². The first kappa shape index (κ1) is 29.4. The second-order valence-electron chi connectivity index (χ2n) is 12.3. The average Bonchev–Trinajstić information content (AvgIpc) is 3.86. The lowest BCUT2D eigenvalue weighted by Gasteiger charge is -2.22. The predicted molar refractivity (Wildman–Crippen MR) is 162 cm³/mol. The number of hydrogen-bond acceptors (Lipinski definition) is 5. The zero-order valence-electron chi connectivity index (χ0n) is 24.6. The van der Waals surface area contributed by atoms with Gasteiger partial charge in [0.25, 0.3) is 0 Å². The standard InChI is InChI=1S/C34H41ClN2O4/c1-23-19-25(30(35)20-24(23)9-7-8-17-37-32(38)41-33(2,3)4)22-39-34(15-16-34)29-21-36-18-14-27(29)28-10-5-6-11-31(28)40-26-12-13-26/h5-6,10-11,14,18-21,26H,7-9,12-13,15-17,22H2,1-4H3,(H,37,38). The van der Waals surface area contributed by atoms with Gasteiger partial charge in [-0.15, -0.1) is 0 Å². The summed E-state index contributed by atoms with van der Waals surface area (Å²) in [6, 6.07) is 14.6. The molecule has 6 nitrogen and oxygen atoms in total. The number of aromatic nitrogens is 1. The molecule has 2 aliphatic rings. The highest BCUT2D eigenvalue weighted by Crippen LogP contribution is 2.53. The van der Waals surface area contributed by atoms with Crippen LogP contribution in [-0.4, -0.2) is 29.3 Å². The number of benzene rings is 2. The van der Waals surface area contributed by atoms with E-state index in [1.54, 1.807) is 0 Å². The molecule has 2 fully saturated rings. The molecule has 1 N–H and O–H groups in total. The van der Waals surface area contributed by atoms with Crippen LogP contribution in [0.15, 0.2) is 54.9 Å². The summed E-state index contributed by atoms with van der Waals surface area (Å²) in [7, 11) is 0. The molecule has 0 aliphatic heterocycles. The Hall–Kier alpha value is -3.09. The molecule has 1 amide bonds. The highest BCUT2D eigenvalue weighted by atomic mass is 35.5. The Labute approximate surface area is 248 Å². The minimum absolute atomic E-state index is 0.329. The Morgan fingerprint density at radius 1 is 1.07 bits per heavy atom. The Bertz CT molecular complexity index is 1380. The number of pyridine rings is 1. The molecule has 5 rings (SSSR count). The Morgan fingerprint density at radius 2 is 1.85 bits per heavy atom. The van der Waals surface area contributed by atoms with E-state index in [9.17, 15) is 4.79 Å². The molecule has 2 aliphatic carbocycles. The van der Waals surface area contributed by atoms with Crippen LogP contribution >= 0.6 is 11.6 Å². The second-order valence-corrected chi connectivity index (χ2v) is 12.7. The Balaban J connectivity index is 1.20. The van der Waals surface area contributed by atoms with Crippen molar-refractivity contribution in [3.63, 3.8) is 0 Å². The van der Waals surface area contributed by atoms with E-state index >= 15 is 0 Å².